The van der Waals surface area contributed by atoms with Crippen molar-refractivity contribution in [2.75, 3.05) is 0 Å². The summed E-state index contributed by atoms with van der Waals surface area (Å²) >= 11 is 4.73. The lowest BCUT2D eigenvalue weighted by molar-refractivity contribution is 0.667. The number of aryl methyl sites for hydroxylation is 1. The first kappa shape index (κ1) is 11.4. The Morgan fingerprint density at radius 3 is 2.36 bits per heavy atom. The van der Waals surface area contributed by atoms with E-state index in [1.807, 2.05) is 12.1 Å². The van der Waals surface area contributed by atoms with Crippen LogP contribution < -0.4 is 0 Å². The smallest absolute Gasteiger partial charge is 0.0636 e. The van der Waals surface area contributed by atoms with Gasteiger partial charge in [-0.25, -0.2) is 0 Å². The van der Waals surface area contributed by atoms with Crippen LogP contribution in [0.1, 0.15) is 43.7 Å². The Morgan fingerprint density at radius 2 is 1.79 bits per heavy atom. The quantitative estimate of drug-likeness (QED) is 0.499. The largest absolute Gasteiger partial charge is 0.0778 e. The number of unbranched alkanes of at least 4 members (excludes halogenated alkanes) is 3. The van der Waals surface area contributed by atoms with Crippen molar-refractivity contribution in [1.29, 1.82) is 0 Å². The van der Waals surface area contributed by atoms with E-state index in [1.54, 1.807) is 0 Å². The first-order valence-electron chi connectivity index (χ1n) is 5.34. The fraction of sp³-hybridized carbons (Fsp3) is 0.462. The summed E-state index contributed by atoms with van der Waals surface area (Å²) in [6, 6.07) is 8.39. The highest BCUT2D eigenvalue weighted by atomic mass is 32.1. The highest BCUT2D eigenvalue weighted by molar-refractivity contribution is 7.79. The van der Waals surface area contributed by atoms with Crippen LogP contribution in [0.25, 0.3) is 0 Å². The lowest BCUT2D eigenvalue weighted by atomic mass is 10.1. The molecule has 0 aliphatic heterocycles. The monoisotopic (exact) mass is 205 g/mol. The minimum atomic E-state index is 1.01. The summed E-state index contributed by atoms with van der Waals surface area (Å²) in [4.78, 5) is 0. The predicted molar refractivity (Wildman–Crippen MR) is 66.0 cm³/mol. The highest BCUT2D eigenvalue weighted by Crippen LogP contribution is 2.08. The van der Waals surface area contributed by atoms with E-state index in [2.05, 4.69) is 24.4 Å². The van der Waals surface area contributed by atoms with Gasteiger partial charge in [0.25, 0.3) is 0 Å². The molecule has 1 aromatic carbocycles. The molecule has 0 fully saturated rings. The van der Waals surface area contributed by atoms with Gasteiger partial charge in [-0.1, -0.05) is 62.7 Å². The molecule has 0 unspecified atom stereocenters. The van der Waals surface area contributed by atoms with Gasteiger partial charge in [0.05, 0.1) is 5.37 Å². The van der Waals surface area contributed by atoms with E-state index in [0.717, 1.165) is 5.56 Å². The van der Waals surface area contributed by atoms with Crippen molar-refractivity contribution in [3.8, 4) is 0 Å². The predicted octanol–water partition coefficient (Wildman–Crippen LogP) is 4.03. The minimum Gasteiger partial charge on any atom is -0.0778 e. The van der Waals surface area contributed by atoms with Crippen LogP contribution in [0, 0.1) is 0 Å². The summed E-state index contributed by atoms with van der Waals surface area (Å²) in [5.41, 5.74) is 2.42. The molecule has 0 heterocycles. The van der Waals surface area contributed by atoms with E-state index in [-0.39, 0.29) is 0 Å². The Morgan fingerprint density at radius 1 is 1.07 bits per heavy atom. The van der Waals surface area contributed by atoms with Crippen LogP contribution in [0.15, 0.2) is 24.3 Å². The van der Waals surface area contributed by atoms with Gasteiger partial charge in [0.15, 0.2) is 0 Å². The molecule has 75 valence electrons. The van der Waals surface area contributed by atoms with Crippen molar-refractivity contribution in [2.24, 2.45) is 0 Å². The summed E-state index contributed by atoms with van der Waals surface area (Å²) in [6.07, 6.45) is 6.49. The molecule has 14 heavy (non-hydrogen) atoms. The lowest BCUT2D eigenvalue weighted by Gasteiger charge is -2.01. The molecular formula is C13H17S. The molecule has 1 aromatic rings. The Bertz CT molecular complexity index is 261. The van der Waals surface area contributed by atoms with Crippen molar-refractivity contribution >= 4 is 17.6 Å². The van der Waals surface area contributed by atoms with E-state index in [0.29, 0.717) is 0 Å². The van der Waals surface area contributed by atoms with Crippen molar-refractivity contribution in [1.82, 2.24) is 0 Å². The number of thiocarbonyl (C=S) groups is 1. The maximum absolute atomic E-state index is 4.73. The molecule has 0 saturated carbocycles. The molecule has 1 radical (unpaired) electrons. The molecule has 0 aliphatic carbocycles. The van der Waals surface area contributed by atoms with Crippen molar-refractivity contribution in [2.45, 2.75) is 39.0 Å². The summed E-state index contributed by atoms with van der Waals surface area (Å²) in [7, 11) is 0. The molecule has 0 saturated heterocycles. The number of hydrogen-bond donors (Lipinski definition) is 0. The van der Waals surface area contributed by atoms with Gasteiger partial charge in [-0.05, 0) is 24.0 Å². The molecule has 0 aliphatic rings. The molecule has 1 heteroatoms. The number of rotatable bonds is 6. The zero-order chi connectivity index (χ0) is 10.2. The van der Waals surface area contributed by atoms with Crippen LogP contribution in [-0.2, 0) is 6.42 Å². The first-order valence-corrected chi connectivity index (χ1v) is 5.74. The van der Waals surface area contributed by atoms with Crippen molar-refractivity contribution in [3.63, 3.8) is 0 Å². The van der Waals surface area contributed by atoms with Gasteiger partial charge in [0, 0.05) is 0 Å². The zero-order valence-corrected chi connectivity index (χ0v) is 9.57. The topological polar surface area (TPSA) is 0 Å². The molecule has 0 spiro atoms. The van der Waals surface area contributed by atoms with E-state index in [9.17, 15) is 0 Å². The molecule has 0 amide bonds. The summed E-state index contributed by atoms with van der Waals surface area (Å²) < 4.78 is 0. The van der Waals surface area contributed by atoms with Crippen LogP contribution in [0.3, 0.4) is 0 Å². The molecule has 0 atom stereocenters. The van der Waals surface area contributed by atoms with Gasteiger partial charge in [-0.2, -0.15) is 0 Å². The third kappa shape index (κ3) is 4.01. The minimum absolute atomic E-state index is 1.01. The molecule has 0 bridgehead atoms. The number of benzene rings is 1. The van der Waals surface area contributed by atoms with Crippen LogP contribution >= 0.6 is 12.2 Å². The van der Waals surface area contributed by atoms with Gasteiger partial charge >= 0.3 is 0 Å². The summed E-state index contributed by atoms with van der Waals surface area (Å²) in [6.45, 7) is 2.24. The van der Waals surface area contributed by atoms with Crippen LogP contribution in [0.4, 0.5) is 0 Å². The van der Waals surface area contributed by atoms with Gasteiger partial charge in [0.1, 0.15) is 0 Å². The third-order valence-corrected chi connectivity index (χ3v) is 2.63. The van der Waals surface area contributed by atoms with E-state index in [4.69, 9.17) is 12.2 Å². The van der Waals surface area contributed by atoms with E-state index < -0.39 is 0 Å². The Hall–Kier alpha value is -0.690. The summed E-state index contributed by atoms with van der Waals surface area (Å²) in [5, 5.41) is 2.71. The van der Waals surface area contributed by atoms with Crippen molar-refractivity contribution in [3.05, 3.63) is 35.4 Å². The van der Waals surface area contributed by atoms with Gasteiger partial charge < -0.3 is 0 Å². The van der Waals surface area contributed by atoms with Gasteiger partial charge in [-0.15, -0.1) is 0 Å². The standard InChI is InChI=1S/C13H17S/c1-2-3-4-5-6-12-7-9-13(11-14)10-8-12/h7-10H,2-6H2,1H3. The highest BCUT2D eigenvalue weighted by Gasteiger charge is 1.93. The second kappa shape index (κ2) is 6.72. The average Bonchev–Trinajstić information content (AvgIpc) is 2.25. The molecule has 0 aromatic heterocycles. The van der Waals surface area contributed by atoms with Crippen LogP contribution in [0.2, 0.25) is 0 Å². The van der Waals surface area contributed by atoms with Gasteiger partial charge in [-0.3, -0.25) is 0 Å². The normalized spacial score (nSPS) is 10.1. The van der Waals surface area contributed by atoms with Crippen LogP contribution in [-0.4, -0.2) is 5.37 Å². The SMILES string of the molecule is CCCCCCc1ccc([C]=S)cc1. The first-order chi connectivity index (χ1) is 6.86. The summed E-state index contributed by atoms with van der Waals surface area (Å²) in [5.74, 6) is 0. The molecule has 0 N–H and O–H groups in total. The zero-order valence-electron chi connectivity index (χ0n) is 8.75. The van der Waals surface area contributed by atoms with Crippen LogP contribution in [0.5, 0.6) is 0 Å². The molecule has 1 rings (SSSR count). The maximum Gasteiger partial charge on any atom is 0.0636 e. The molecular weight excluding hydrogens is 188 g/mol. The van der Waals surface area contributed by atoms with Crippen molar-refractivity contribution < 1.29 is 0 Å². The Balaban J connectivity index is 2.32. The fourth-order valence-corrected chi connectivity index (χ4v) is 1.63. The fourth-order valence-electron chi connectivity index (χ4n) is 1.50. The number of hydrogen-bond acceptors (Lipinski definition) is 1. The second-order valence-corrected chi connectivity index (χ2v) is 3.81. The molecule has 0 nitrogen and oxygen atoms in total. The van der Waals surface area contributed by atoms with Gasteiger partial charge in [0.2, 0.25) is 0 Å². The second-order valence-electron chi connectivity index (χ2n) is 3.61. The van der Waals surface area contributed by atoms with E-state index >= 15 is 0 Å². The van der Waals surface area contributed by atoms with E-state index in [1.165, 1.54) is 37.7 Å². The third-order valence-electron chi connectivity index (χ3n) is 2.39. The Kier molecular flexibility index (Phi) is 5.46. The lowest BCUT2D eigenvalue weighted by Crippen LogP contribution is -1.86. The average molecular weight is 205 g/mol. The maximum atomic E-state index is 4.73. The Labute approximate surface area is 92.3 Å².